The second-order valence-corrected chi connectivity index (χ2v) is 5.68. The van der Waals surface area contributed by atoms with Gasteiger partial charge in [-0.05, 0) is 44.0 Å². The first-order chi connectivity index (χ1) is 9.56. The molecule has 1 aromatic rings. The molecule has 21 heavy (non-hydrogen) atoms. The Bertz CT molecular complexity index is 455. The lowest BCUT2D eigenvalue weighted by Crippen LogP contribution is -2.43. The number of guanidine groups is 1. The van der Waals surface area contributed by atoms with Crippen LogP contribution in [-0.4, -0.2) is 32.3 Å². The monoisotopic (exact) mass is 469 g/mol. The predicted octanol–water partition coefficient (Wildman–Crippen LogP) is 3.47. The Morgan fingerprint density at radius 3 is 2.71 bits per heavy atom. The average Bonchev–Trinajstić information content (AvgIpc) is 2.38. The van der Waals surface area contributed by atoms with Crippen molar-refractivity contribution in [2.75, 3.05) is 20.3 Å². The Hall–Kier alpha value is -0.340. The van der Waals surface area contributed by atoms with Crippen LogP contribution in [0.3, 0.4) is 0 Å². The zero-order valence-electron chi connectivity index (χ0n) is 13.1. The molecule has 0 spiro atoms. The molecule has 0 bridgehead atoms. The van der Waals surface area contributed by atoms with E-state index >= 15 is 0 Å². The number of halogens is 2. The van der Waals surface area contributed by atoms with E-state index in [2.05, 4.69) is 64.5 Å². The van der Waals surface area contributed by atoms with Crippen molar-refractivity contribution < 1.29 is 4.74 Å². The zero-order valence-corrected chi connectivity index (χ0v) is 17.0. The van der Waals surface area contributed by atoms with Crippen molar-refractivity contribution >= 4 is 45.9 Å². The Morgan fingerprint density at radius 1 is 1.43 bits per heavy atom. The third-order valence-electron chi connectivity index (χ3n) is 2.86. The second-order valence-electron chi connectivity index (χ2n) is 4.77. The predicted molar refractivity (Wildman–Crippen MR) is 104 cm³/mol. The summed E-state index contributed by atoms with van der Waals surface area (Å²) in [6.07, 6.45) is 0. The van der Waals surface area contributed by atoms with Crippen LogP contribution < -0.4 is 10.6 Å². The van der Waals surface area contributed by atoms with Gasteiger partial charge in [0.25, 0.3) is 0 Å². The summed E-state index contributed by atoms with van der Waals surface area (Å²) >= 11 is 3.48. The largest absolute Gasteiger partial charge is 0.383 e. The molecule has 0 saturated heterocycles. The maximum atomic E-state index is 5.13. The molecule has 1 atom stereocenters. The number of ether oxygens (including phenoxy) is 1. The molecular formula is C15H25BrIN3O. The lowest BCUT2D eigenvalue weighted by molar-refractivity contribution is 0.179. The molecule has 1 rings (SSSR count). The second kappa shape index (κ2) is 11.3. The minimum Gasteiger partial charge on any atom is -0.383 e. The fourth-order valence-corrected chi connectivity index (χ4v) is 2.32. The Labute approximate surface area is 153 Å². The molecule has 6 heteroatoms. The average molecular weight is 470 g/mol. The highest BCUT2D eigenvalue weighted by Gasteiger charge is 2.05. The number of benzene rings is 1. The van der Waals surface area contributed by atoms with Gasteiger partial charge in [0.1, 0.15) is 0 Å². The first kappa shape index (κ1) is 20.7. The van der Waals surface area contributed by atoms with E-state index in [1.165, 1.54) is 11.1 Å². The molecule has 0 amide bonds. The number of nitrogens with one attached hydrogen (secondary N) is 2. The van der Waals surface area contributed by atoms with Crippen LogP contribution in [0.1, 0.15) is 25.0 Å². The van der Waals surface area contributed by atoms with Gasteiger partial charge in [-0.1, -0.05) is 22.0 Å². The zero-order chi connectivity index (χ0) is 15.0. The van der Waals surface area contributed by atoms with Gasteiger partial charge in [-0.3, -0.25) is 0 Å². The molecule has 0 aliphatic heterocycles. The van der Waals surface area contributed by atoms with E-state index in [1.54, 1.807) is 7.11 Å². The highest BCUT2D eigenvalue weighted by molar-refractivity contribution is 14.0. The molecule has 1 unspecified atom stereocenters. The molecule has 1 aromatic carbocycles. The highest BCUT2D eigenvalue weighted by Crippen LogP contribution is 2.16. The van der Waals surface area contributed by atoms with Crippen LogP contribution in [0.25, 0.3) is 0 Å². The van der Waals surface area contributed by atoms with Gasteiger partial charge in [0, 0.05) is 24.2 Å². The topological polar surface area (TPSA) is 45.7 Å². The number of methoxy groups -OCH3 is 1. The van der Waals surface area contributed by atoms with Gasteiger partial charge in [-0.25, -0.2) is 4.99 Å². The summed E-state index contributed by atoms with van der Waals surface area (Å²) in [4.78, 5) is 4.62. The van der Waals surface area contributed by atoms with Gasteiger partial charge in [0.15, 0.2) is 5.96 Å². The maximum Gasteiger partial charge on any atom is 0.191 e. The van der Waals surface area contributed by atoms with Gasteiger partial charge in [-0.15, -0.1) is 24.0 Å². The van der Waals surface area contributed by atoms with Crippen LogP contribution in [0.15, 0.2) is 27.7 Å². The molecule has 0 aliphatic carbocycles. The fraction of sp³-hybridized carbons (Fsp3) is 0.533. The van der Waals surface area contributed by atoms with Crippen LogP contribution in [0.2, 0.25) is 0 Å². The quantitative estimate of drug-likeness (QED) is 0.381. The minimum atomic E-state index is 0. The lowest BCUT2D eigenvalue weighted by Gasteiger charge is -2.17. The Morgan fingerprint density at radius 2 is 2.14 bits per heavy atom. The molecule has 120 valence electrons. The van der Waals surface area contributed by atoms with Crippen LogP contribution in [-0.2, 0) is 11.3 Å². The van der Waals surface area contributed by atoms with Gasteiger partial charge in [-0.2, -0.15) is 0 Å². The summed E-state index contributed by atoms with van der Waals surface area (Å²) < 4.78 is 6.23. The van der Waals surface area contributed by atoms with E-state index in [0.717, 1.165) is 17.0 Å². The van der Waals surface area contributed by atoms with Crippen molar-refractivity contribution in [1.82, 2.24) is 10.6 Å². The van der Waals surface area contributed by atoms with Crippen LogP contribution >= 0.6 is 39.9 Å². The fourth-order valence-electron chi connectivity index (χ4n) is 1.85. The van der Waals surface area contributed by atoms with E-state index in [1.807, 2.05) is 6.07 Å². The van der Waals surface area contributed by atoms with Crippen molar-refractivity contribution in [3.8, 4) is 0 Å². The number of nitrogens with zero attached hydrogens (tertiary/aromatic N) is 1. The summed E-state index contributed by atoms with van der Waals surface area (Å²) in [6, 6.07) is 6.49. The van der Waals surface area contributed by atoms with Crippen molar-refractivity contribution in [2.45, 2.75) is 33.4 Å². The van der Waals surface area contributed by atoms with Gasteiger partial charge in [0.05, 0.1) is 13.2 Å². The van der Waals surface area contributed by atoms with E-state index in [4.69, 9.17) is 4.74 Å². The number of aryl methyl sites for hydroxylation is 1. The molecule has 4 nitrogen and oxygen atoms in total. The highest BCUT2D eigenvalue weighted by atomic mass is 127. The van der Waals surface area contributed by atoms with Crippen LogP contribution in [0.4, 0.5) is 0 Å². The number of aliphatic imine (C=N–C) groups is 1. The molecular weight excluding hydrogens is 445 g/mol. The normalized spacial score (nSPS) is 12.5. The molecule has 0 saturated carbocycles. The molecule has 0 heterocycles. The minimum absolute atomic E-state index is 0. The van der Waals surface area contributed by atoms with Crippen molar-refractivity contribution in [1.29, 1.82) is 0 Å². The Balaban J connectivity index is 0.00000400. The molecule has 0 aromatic heterocycles. The van der Waals surface area contributed by atoms with E-state index < -0.39 is 0 Å². The van der Waals surface area contributed by atoms with Crippen molar-refractivity contribution in [3.63, 3.8) is 0 Å². The first-order valence-corrected chi connectivity index (χ1v) is 7.65. The van der Waals surface area contributed by atoms with Gasteiger partial charge in [0.2, 0.25) is 0 Å². The van der Waals surface area contributed by atoms with Crippen molar-refractivity contribution in [2.24, 2.45) is 4.99 Å². The van der Waals surface area contributed by atoms with Crippen LogP contribution in [0, 0.1) is 6.92 Å². The van der Waals surface area contributed by atoms with E-state index in [0.29, 0.717) is 13.2 Å². The third kappa shape index (κ3) is 8.01. The number of rotatable bonds is 6. The molecule has 0 aliphatic rings. The number of hydrogen-bond acceptors (Lipinski definition) is 2. The summed E-state index contributed by atoms with van der Waals surface area (Å²) in [5.41, 5.74) is 2.47. The van der Waals surface area contributed by atoms with E-state index in [-0.39, 0.29) is 30.0 Å². The first-order valence-electron chi connectivity index (χ1n) is 6.85. The standard InChI is InChI=1S/C15H24BrN3O.HI/c1-5-17-15(19-12(3)10-20-4)18-9-13-6-7-14(16)8-11(13)2;/h6-8,12H,5,9-10H2,1-4H3,(H2,17,18,19);1H. The summed E-state index contributed by atoms with van der Waals surface area (Å²) in [6.45, 7) is 8.38. The van der Waals surface area contributed by atoms with Crippen molar-refractivity contribution in [3.05, 3.63) is 33.8 Å². The Kier molecular flexibility index (Phi) is 11.1. The van der Waals surface area contributed by atoms with Gasteiger partial charge >= 0.3 is 0 Å². The molecule has 0 fully saturated rings. The van der Waals surface area contributed by atoms with Crippen LogP contribution in [0.5, 0.6) is 0 Å². The van der Waals surface area contributed by atoms with Gasteiger partial charge < -0.3 is 15.4 Å². The lowest BCUT2D eigenvalue weighted by atomic mass is 10.1. The van der Waals surface area contributed by atoms with E-state index in [9.17, 15) is 0 Å². The summed E-state index contributed by atoms with van der Waals surface area (Å²) in [7, 11) is 1.70. The molecule has 0 radical (unpaired) electrons. The summed E-state index contributed by atoms with van der Waals surface area (Å²) in [5, 5.41) is 6.57. The molecule has 2 N–H and O–H groups in total. The number of hydrogen-bond donors (Lipinski definition) is 2. The summed E-state index contributed by atoms with van der Waals surface area (Å²) in [5.74, 6) is 0.819. The SMILES string of the molecule is CCNC(=NCc1ccc(Br)cc1C)NC(C)COC.I. The smallest absolute Gasteiger partial charge is 0.191 e. The third-order valence-corrected chi connectivity index (χ3v) is 3.35. The maximum absolute atomic E-state index is 5.13.